The second-order valence-electron chi connectivity index (χ2n) is 4.21. The lowest BCUT2D eigenvalue weighted by molar-refractivity contribution is -0.144. The van der Waals surface area contributed by atoms with Crippen molar-refractivity contribution in [3.8, 4) is 0 Å². The summed E-state index contributed by atoms with van der Waals surface area (Å²) in [6, 6.07) is 0. The van der Waals surface area contributed by atoms with E-state index in [1.54, 1.807) is 23.5 Å². The molecule has 0 aromatic carbocycles. The predicted molar refractivity (Wildman–Crippen MR) is 86.0 cm³/mol. The molecule has 22 heavy (non-hydrogen) atoms. The van der Waals surface area contributed by atoms with Crippen LogP contribution in [0.4, 0.5) is 4.79 Å². The molecule has 1 heterocycles. The number of carbonyl (C=O) groups is 1. The van der Waals surface area contributed by atoms with Gasteiger partial charge in [-0.3, -0.25) is 0 Å². The summed E-state index contributed by atoms with van der Waals surface area (Å²) in [5.74, 6) is 3.32. The Morgan fingerprint density at radius 3 is 2.00 bits per heavy atom. The van der Waals surface area contributed by atoms with Crippen molar-refractivity contribution in [1.82, 2.24) is 0 Å². The average Bonchev–Trinajstić information content (AvgIpc) is 2.48. The number of rotatable bonds is 1. The van der Waals surface area contributed by atoms with Gasteiger partial charge in [0.1, 0.15) is 6.61 Å². The van der Waals surface area contributed by atoms with Gasteiger partial charge in [-0.25, -0.2) is 4.79 Å². The summed E-state index contributed by atoms with van der Waals surface area (Å²) >= 11 is 3.40. The zero-order chi connectivity index (χ0) is 15.9. The van der Waals surface area contributed by atoms with Gasteiger partial charge in [-0.15, -0.1) is 0 Å². The van der Waals surface area contributed by atoms with Crippen LogP contribution in [-0.4, -0.2) is 86.8 Å². The van der Waals surface area contributed by atoms with Crippen LogP contribution in [0.5, 0.6) is 0 Å². The second kappa shape index (κ2) is 14.4. The van der Waals surface area contributed by atoms with E-state index in [1.165, 1.54) is 0 Å². The minimum Gasteiger partial charge on any atom is -0.450 e. The molecule has 7 nitrogen and oxygen atoms in total. The number of thioether (sulfide) groups is 2. The van der Waals surface area contributed by atoms with E-state index < -0.39 is 12.4 Å². The molecule has 0 radical (unpaired) electrons. The highest BCUT2D eigenvalue weighted by molar-refractivity contribution is 7.99. The van der Waals surface area contributed by atoms with Crippen LogP contribution in [0.2, 0.25) is 0 Å². The molecule has 1 N–H and O–H groups in total. The topological polar surface area (TPSA) is 83.5 Å². The Morgan fingerprint density at radius 2 is 1.41 bits per heavy atom. The summed E-state index contributed by atoms with van der Waals surface area (Å²) in [5.41, 5.74) is 0. The van der Waals surface area contributed by atoms with Crippen molar-refractivity contribution in [3.05, 3.63) is 0 Å². The second-order valence-corrected chi connectivity index (χ2v) is 6.66. The van der Waals surface area contributed by atoms with Crippen LogP contribution in [0.15, 0.2) is 0 Å². The van der Waals surface area contributed by atoms with Crippen LogP contribution >= 0.6 is 23.5 Å². The Hall–Kier alpha value is -0.190. The molecule has 0 bridgehead atoms. The number of hydrogen-bond donors (Lipinski definition) is 1. The molecule has 1 rings (SSSR count). The standard InChI is InChI=1S/C13H24O7S2/c14-13(15)20-12-11-18-5-9-21-7-3-16-1-2-17-4-8-22-10-6-19-12/h12H,1-11H2,(H,14,15). The molecule has 0 aliphatic carbocycles. The Bertz CT molecular complexity index is 263. The molecule has 1 saturated heterocycles. The van der Waals surface area contributed by atoms with Crippen LogP contribution in [0.25, 0.3) is 0 Å². The lowest BCUT2D eigenvalue weighted by Gasteiger charge is -2.17. The average molecular weight is 356 g/mol. The van der Waals surface area contributed by atoms with E-state index in [0.29, 0.717) is 39.6 Å². The van der Waals surface area contributed by atoms with Gasteiger partial charge in [-0.1, -0.05) is 0 Å². The largest absolute Gasteiger partial charge is 0.508 e. The molecule has 1 unspecified atom stereocenters. The molecule has 9 heteroatoms. The van der Waals surface area contributed by atoms with Crippen molar-refractivity contribution in [2.24, 2.45) is 0 Å². The molecule has 0 spiro atoms. The Labute approximate surface area is 139 Å². The van der Waals surface area contributed by atoms with Crippen molar-refractivity contribution in [2.75, 3.05) is 69.3 Å². The SMILES string of the molecule is O=C(O)OC1COCCSCCOCCOCCSCCO1. The van der Waals surface area contributed by atoms with Crippen molar-refractivity contribution < 1.29 is 33.6 Å². The van der Waals surface area contributed by atoms with Gasteiger partial charge < -0.3 is 28.8 Å². The van der Waals surface area contributed by atoms with Gasteiger partial charge in [-0.2, -0.15) is 23.5 Å². The molecule has 1 fully saturated rings. The highest BCUT2D eigenvalue weighted by atomic mass is 32.2. The van der Waals surface area contributed by atoms with Gasteiger partial charge in [0.2, 0.25) is 6.29 Å². The van der Waals surface area contributed by atoms with Gasteiger partial charge in [0.05, 0.1) is 39.6 Å². The summed E-state index contributed by atoms with van der Waals surface area (Å²) in [6.07, 6.45) is -2.23. The smallest absolute Gasteiger partial charge is 0.450 e. The first-order valence-electron chi connectivity index (χ1n) is 7.19. The number of hydrogen-bond acceptors (Lipinski definition) is 8. The third kappa shape index (κ3) is 12.4. The van der Waals surface area contributed by atoms with Crippen molar-refractivity contribution in [3.63, 3.8) is 0 Å². The van der Waals surface area contributed by atoms with E-state index >= 15 is 0 Å². The monoisotopic (exact) mass is 356 g/mol. The fourth-order valence-electron chi connectivity index (χ4n) is 1.53. The first-order chi connectivity index (χ1) is 10.8. The maximum atomic E-state index is 10.6. The molecule has 0 amide bonds. The third-order valence-corrected chi connectivity index (χ3v) is 4.33. The quantitative estimate of drug-likeness (QED) is 0.704. The molecule has 1 atom stereocenters. The minimum atomic E-state index is -1.36. The summed E-state index contributed by atoms with van der Waals surface area (Å²) in [6.45, 7) is 3.63. The summed E-state index contributed by atoms with van der Waals surface area (Å²) < 4.78 is 26.3. The summed E-state index contributed by atoms with van der Waals surface area (Å²) in [4.78, 5) is 10.6. The molecule has 1 aliphatic heterocycles. The maximum Gasteiger partial charge on any atom is 0.508 e. The highest BCUT2D eigenvalue weighted by Gasteiger charge is 2.14. The van der Waals surface area contributed by atoms with Crippen LogP contribution in [-0.2, 0) is 23.7 Å². The maximum absolute atomic E-state index is 10.6. The lowest BCUT2D eigenvalue weighted by Crippen LogP contribution is -2.27. The minimum absolute atomic E-state index is 0.108. The van der Waals surface area contributed by atoms with Gasteiger partial charge in [0, 0.05) is 23.0 Å². The zero-order valence-electron chi connectivity index (χ0n) is 12.6. The van der Waals surface area contributed by atoms with Gasteiger partial charge >= 0.3 is 6.16 Å². The first-order valence-corrected chi connectivity index (χ1v) is 9.50. The predicted octanol–water partition coefficient (Wildman–Crippen LogP) is 1.55. The first kappa shape index (κ1) is 19.9. The molecule has 130 valence electrons. The van der Waals surface area contributed by atoms with Crippen LogP contribution in [0, 0.1) is 0 Å². The molecular formula is C13H24O7S2. The third-order valence-electron chi connectivity index (χ3n) is 2.51. The number of ether oxygens (including phenoxy) is 5. The van der Waals surface area contributed by atoms with E-state index in [2.05, 4.69) is 4.74 Å². The van der Waals surface area contributed by atoms with E-state index in [9.17, 15) is 4.79 Å². The van der Waals surface area contributed by atoms with Crippen LogP contribution in [0.1, 0.15) is 0 Å². The highest BCUT2D eigenvalue weighted by Crippen LogP contribution is 2.05. The summed E-state index contributed by atoms with van der Waals surface area (Å²) in [7, 11) is 0. The van der Waals surface area contributed by atoms with E-state index in [0.717, 1.165) is 23.0 Å². The normalized spacial score (nSPS) is 24.8. The van der Waals surface area contributed by atoms with E-state index in [-0.39, 0.29) is 6.61 Å². The Balaban J connectivity index is 2.25. The van der Waals surface area contributed by atoms with Gasteiger partial charge in [0.15, 0.2) is 0 Å². The fraction of sp³-hybridized carbons (Fsp3) is 0.923. The van der Waals surface area contributed by atoms with Crippen LogP contribution < -0.4 is 0 Å². The van der Waals surface area contributed by atoms with Crippen LogP contribution in [0.3, 0.4) is 0 Å². The zero-order valence-corrected chi connectivity index (χ0v) is 14.2. The molecule has 1 aliphatic rings. The lowest BCUT2D eigenvalue weighted by atomic mass is 10.6. The van der Waals surface area contributed by atoms with Crippen molar-refractivity contribution in [2.45, 2.75) is 6.29 Å². The molecule has 0 saturated carbocycles. The van der Waals surface area contributed by atoms with E-state index in [1.807, 2.05) is 0 Å². The number of carboxylic acid groups (broad SMARTS) is 1. The van der Waals surface area contributed by atoms with Crippen molar-refractivity contribution >= 4 is 29.7 Å². The van der Waals surface area contributed by atoms with E-state index in [4.69, 9.17) is 24.1 Å². The van der Waals surface area contributed by atoms with Gasteiger partial charge in [0.25, 0.3) is 0 Å². The fourth-order valence-corrected chi connectivity index (χ4v) is 2.86. The summed E-state index contributed by atoms with van der Waals surface area (Å²) in [5, 5.41) is 8.67. The Morgan fingerprint density at radius 1 is 0.864 bits per heavy atom. The van der Waals surface area contributed by atoms with Gasteiger partial charge in [-0.05, 0) is 0 Å². The molecule has 0 aromatic rings. The Kier molecular flexibility index (Phi) is 13.0. The molecular weight excluding hydrogens is 332 g/mol. The van der Waals surface area contributed by atoms with Crippen molar-refractivity contribution in [1.29, 1.82) is 0 Å². The molecule has 0 aromatic heterocycles.